The van der Waals surface area contributed by atoms with Gasteiger partial charge in [0.2, 0.25) is 0 Å². The summed E-state index contributed by atoms with van der Waals surface area (Å²) in [6.07, 6.45) is 1.70. The molecular weight excluding hydrogens is 328 g/mol. The summed E-state index contributed by atoms with van der Waals surface area (Å²) in [5, 5.41) is 18.3. The molecule has 0 saturated heterocycles. The number of benzene rings is 3. The van der Waals surface area contributed by atoms with E-state index in [1.807, 2.05) is 54.6 Å². The topological polar surface area (TPSA) is 77.2 Å². The summed E-state index contributed by atoms with van der Waals surface area (Å²) in [6.45, 7) is 0. The average molecular weight is 344 g/mol. The minimum atomic E-state index is 0.436. The molecule has 7 nitrogen and oxygen atoms in total. The number of anilines is 1. The van der Waals surface area contributed by atoms with Crippen LogP contribution in [-0.2, 0) is 0 Å². The van der Waals surface area contributed by atoms with Crippen molar-refractivity contribution in [3.05, 3.63) is 72.3 Å². The number of hydrazone groups is 1. The van der Waals surface area contributed by atoms with E-state index in [9.17, 15) is 0 Å². The third-order valence-electron chi connectivity index (χ3n) is 3.96. The first-order valence-corrected chi connectivity index (χ1v) is 8.05. The van der Waals surface area contributed by atoms with Crippen molar-refractivity contribution in [1.29, 1.82) is 0 Å². The molecule has 128 valence electrons. The largest absolute Gasteiger partial charge is 0.497 e. The summed E-state index contributed by atoms with van der Waals surface area (Å²) in [6, 6.07) is 21.7. The molecule has 0 radical (unpaired) electrons. The van der Waals surface area contributed by atoms with Crippen LogP contribution in [0, 0.1) is 0 Å². The van der Waals surface area contributed by atoms with E-state index in [0.717, 1.165) is 27.8 Å². The number of nitrogens with one attached hydrogen (secondary N) is 1. The lowest BCUT2D eigenvalue weighted by atomic mass is 10.1. The number of ether oxygens (including phenoxy) is 1. The summed E-state index contributed by atoms with van der Waals surface area (Å²) >= 11 is 0. The zero-order valence-electron chi connectivity index (χ0n) is 14.1. The summed E-state index contributed by atoms with van der Waals surface area (Å²) in [7, 11) is 1.64. The lowest BCUT2D eigenvalue weighted by molar-refractivity contribution is 0.415. The maximum atomic E-state index is 5.14. The minimum absolute atomic E-state index is 0.436. The second-order valence-corrected chi connectivity index (χ2v) is 5.56. The van der Waals surface area contributed by atoms with Crippen LogP contribution in [0.15, 0.2) is 71.8 Å². The molecule has 3 aromatic carbocycles. The molecule has 0 spiro atoms. The van der Waals surface area contributed by atoms with Crippen LogP contribution in [0.1, 0.15) is 5.56 Å². The molecule has 1 aromatic heterocycles. The van der Waals surface area contributed by atoms with Gasteiger partial charge in [-0.05, 0) is 51.7 Å². The molecule has 0 atom stereocenters. The van der Waals surface area contributed by atoms with Gasteiger partial charge < -0.3 is 4.74 Å². The van der Waals surface area contributed by atoms with E-state index < -0.39 is 0 Å². The summed E-state index contributed by atoms with van der Waals surface area (Å²) < 4.78 is 6.78. The highest BCUT2D eigenvalue weighted by Gasteiger charge is 2.10. The maximum Gasteiger partial charge on any atom is 0.268 e. The molecule has 4 rings (SSSR count). The Balaban J connectivity index is 1.59. The average Bonchev–Trinajstić information content (AvgIpc) is 3.16. The van der Waals surface area contributed by atoms with Gasteiger partial charge in [-0.25, -0.2) is 5.43 Å². The first-order chi connectivity index (χ1) is 12.8. The maximum absolute atomic E-state index is 5.14. The van der Waals surface area contributed by atoms with Crippen LogP contribution in [0.25, 0.3) is 16.5 Å². The summed E-state index contributed by atoms with van der Waals surface area (Å²) in [4.78, 5) is 0. The second-order valence-electron chi connectivity index (χ2n) is 5.56. The Hall–Kier alpha value is -3.74. The normalized spacial score (nSPS) is 11.1. The van der Waals surface area contributed by atoms with Crippen molar-refractivity contribution < 1.29 is 4.74 Å². The van der Waals surface area contributed by atoms with Crippen molar-refractivity contribution in [2.24, 2.45) is 5.10 Å². The van der Waals surface area contributed by atoms with Crippen LogP contribution < -0.4 is 10.2 Å². The SMILES string of the molecule is COc1ccc(C=NNc2nnnn2-c2cccc3ccccc23)cc1. The van der Waals surface area contributed by atoms with Crippen LogP contribution in [0.5, 0.6) is 5.75 Å². The molecule has 4 aromatic rings. The number of aromatic nitrogens is 4. The summed E-state index contributed by atoms with van der Waals surface area (Å²) in [5.74, 6) is 1.24. The molecule has 26 heavy (non-hydrogen) atoms. The zero-order chi connectivity index (χ0) is 17.8. The van der Waals surface area contributed by atoms with Gasteiger partial charge in [-0.15, -0.1) is 0 Å². The Morgan fingerprint density at radius 1 is 1.00 bits per heavy atom. The number of tetrazole rings is 1. The molecule has 1 N–H and O–H groups in total. The van der Waals surface area contributed by atoms with Crippen LogP contribution in [-0.4, -0.2) is 33.5 Å². The molecule has 7 heteroatoms. The minimum Gasteiger partial charge on any atom is -0.497 e. The number of fused-ring (bicyclic) bond motifs is 1. The smallest absolute Gasteiger partial charge is 0.268 e. The zero-order valence-corrected chi connectivity index (χ0v) is 14.1. The van der Waals surface area contributed by atoms with E-state index in [1.165, 1.54) is 0 Å². The third-order valence-corrected chi connectivity index (χ3v) is 3.96. The van der Waals surface area contributed by atoms with Crippen molar-refractivity contribution >= 4 is 22.9 Å². The number of methoxy groups -OCH3 is 1. The van der Waals surface area contributed by atoms with Gasteiger partial charge in [-0.1, -0.05) is 41.5 Å². The Kier molecular flexibility index (Phi) is 4.26. The highest BCUT2D eigenvalue weighted by atomic mass is 16.5. The Morgan fingerprint density at radius 3 is 2.65 bits per heavy atom. The molecule has 0 bridgehead atoms. The lowest BCUT2D eigenvalue weighted by Gasteiger charge is -2.07. The number of hydrogen-bond donors (Lipinski definition) is 1. The van der Waals surface area contributed by atoms with E-state index >= 15 is 0 Å². The molecular formula is C19H16N6O. The second kappa shape index (κ2) is 7.02. The Labute approximate surface area is 149 Å². The Bertz CT molecular complexity index is 1050. The van der Waals surface area contributed by atoms with Crippen LogP contribution in [0.4, 0.5) is 5.95 Å². The van der Waals surface area contributed by atoms with Crippen LogP contribution in [0.2, 0.25) is 0 Å². The first kappa shape index (κ1) is 15.8. The molecule has 0 unspecified atom stereocenters. The van der Waals surface area contributed by atoms with Crippen molar-refractivity contribution in [1.82, 2.24) is 20.2 Å². The van der Waals surface area contributed by atoms with Gasteiger partial charge in [0.05, 0.1) is 19.0 Å². The van der Waals surface area contributed by atoms with Crippen molar-refractivity contribution in [3.8, 4) is 11.4 Å². The number of hydrogen-bond acceptors (Lipinski definition) is 6. The standard InChI is InChI=1S/C19H16N6O/c1-26-16-11-9-14(10-12-16)13-20-21-19-22-23-24-25(19)18-8-4-6-15-5-2-3-7-17(15)18/h2-13H,1H3,(H,21,22,24). The van der Waals surface area contributed by atoms with E-state index in [1.54, 1.807) is 18.0 Å². The number of rotatable bonds is 5. The molecule has 0 fully saturated rings. The van der Waals surface area contributed by atoms with Gasteiger partial charge in [0, 0.05) is 5.39 Å². The highest BCUT2D eigenvalue weighted by Crippen LogP contribution is 2.23. The monoisotopic (exact) mass is 344 g/mol. The van der Waals surface area contributed by atoms with Gasteiger partial charge in [-0.2, -0.15) is 9.78 Å². The fourth-order valence-electron chi connectivity index (χ4n) is 2.67. The van der Waals surface area contributed by atoms with E-state index in [4.69, 9.17) is 4.74 Å². The first-order valence-electron chi connectivity index (χ1n) is 8.05. The van der Waals surface area contributed by atoms with Gasteiger partial charge >= 0.3 is 0 Å². The molecule has 0 aliphatic heterocycles. The molecule has 0 aliphatic rings. The van der Waals surface area contributed by atoms with Gasteiger partial charge in [0.25, 0.3) is 5.95 Å². The van der Waals surface area contributed by atoms with Gasteiger partial charge in [0.1, 0.15) is 5.75 Å². The van der Waals surface area contributed by atoms with E-state index in [-0.39, 0.29) is 0 Å². The van der Waals surface area contributed by atoms with Gasteiger partial charge in [-0.3, -0.25) is 0 Å². The quantitative estimate of drug-likeness (QED) is 0.444. The van der Waals surface area contributed by atoms with Crippen molar-refractivity contribution in [2.75, 3.05) is 12.5 Å². The molecule has 0 amide bonds. The van der Waals surface area contributed by atoms with Gasteiger partial charge in [0.15, 0.2) is 0 Å². The van der Waals surface area contributed by atoms with Crippen molar-refractivity contribution in [2.45, 2.75) is 0 Å². The molecule has 0 saturated carbocycles. The molecule has 1 heterocycles. The number of nitrogens with zero attached hydrogens (tertiary/aromatic N) is 5. The van der Waals surface area contributed by atoms with Crippen molar-refractivity contribution in [3.63, 3.8) is 0 Å². The fourth-order valence-corrected chi connectivity index (χ4v) is 2.67. The lowest BCUT2D eigenvalue weighted by Crippen LogP contribution is -2.04. The van der Waals surface area contributed by atoms with E-state index in [0.29, 0.717) is 5.95 Å². The molecule has 0 aliphatic carbocycles. The highest BCUT2D eigenvalue weighted by molar-refractivity contribution is 5.90. The summed E-state index contributed by atoms with van der Waals surface area (Å²) in [5.41, 5.74) is 4.72. The Morgan fingerprint density at radius 2 is 1.81 bits per heavy atom. The van der Waals surface area contributed by atoms with Crippen LogP contribution in [0.3, 0.4) is 0 Å². The predicted molar refractivity (Wildman–Crippen MR) is 101 cm³/mol. The fraction of sp³-hybridized carbons (Fsp3) is 0.0526. The predicted octanol–water partition coefficient (Wildman–Crippen LogP) is 3.27. The van der Waals surface area contributed by atoms with Crippen LogP contribution >= 0.6 is 0 Å². The van der Waals surface area contributed by atoms with E-state index in [2.05, 4.69) is 38.2 Å². The third kappa shape index (κ3) is 3.10.